The van der Waals surface area contributed by atoms with Crippen LogP contribution in [0.15, 0.2) is 40.3 Å². The standard InChI is InChI=1S/C26H33N3O3S2/c1-5-21-17(3)33-24-22(21)25(31)29(15-20-12-9-13-32-20)26(28-24)34-18(4)23(30)27-14-16(2)19-10-7-6-8-11-19/h6-8,10-11,16,18,20H,5,9,12-15H2,1-4H3,(H,27,30). The van der Waals surface area contributed by atoms with Crippen molar-refractivity contribution in [2.45, 2.75) is 75.9 Å². The third-order valence-corrected chi connectivity index (χ3v) is 8.58. The molecule has 6 nitrogen and oxygen atoms in total. The molecule has 1 amide bonds. The van der Waals surface area contributed by atoms with Crippen LogP contribution >= 0.6 is 23.1 Å². The van der Waals surface area contributed by atoms with Gasteiger partial charge in [-0.05, 0) is 50.2 Å². The summed E-state index contributed by atoms with van der Waals surface area (Å²) in [6.45, 7) is 9.86. The number of thiophene rings is 1. The number of carbonyl (C=O) groups is 1. The van der Waals surface area contributed by atoms with Gasteiger partial charge in [0, 0.05) is 18.0 Å². The number of benzene rings is 1. The highest BCUT2D eigenvalue weighted by Gasteiger charge is 2.25. The molecule has 3 unspecified atom stereocenters. The van der Waals surface area contributed by atoms with E-state index in [-0.39, 0.29) is 28.7 Å². The quantitative estimate of drug-likeness (QED) is 0.335. The summed E-state index contributed by atoms with van der Waals surface area (Å²) >= 11 is 2.91. The van der Waals surface area contributed by atoms with Crippen LogP contribution in [0.3, 0.4) is 0 Å². The van der Waals surface area contributed by atoms with E-state index in [0.29, 0.717) is 18.2 Å². The lowest BCUT2D eigenvalue weighted by Crippen LogP contribution is -2.35. The van der Waals surface area contributed by atoms with E-state index in [9.17, 15) is 9.59 Å². The summed E-state index contributed by atoms with van der Waals surface area (Å²) in [6, 6.07) is 10.2. The number of nitrogens with one attached hydrogen (secondary N) is 1. The minimum Gasteiger partial charge on any atom is -0.376 e. The molecule has 0 aliphatic carbocycles. The van der Waals surface area contributed by atoms with Crippen LogP contribution in [0.2, 0.25) is 0 Å². The number of ether oxygens (including phenoxy) is 1. The Morgan fingerprint density at radius 3 is 2.76 bits per heavy atom. The summed E-state index contributed by atoms with van der Waals surface area (Å²) in [5.74, 6) is 0.165. The Morgan fingerprint density at radius 2 is 2.09 bits per heavy atom. The lowest BCUT2D eigenvalue weighted by Gasteiger charge is -2.19. The van der Waals surface area contributed by atoms with Gasteiger partial charge in [-0.1, -0.05) is 55.9 Å². The number of thioether (sulfide) groups is 1. The number of aromatic nitrogens is 2. The summed E-state index contributed by atoms with van der Waals surface area (Å²) in [6.07, 6.45) is 2.75. The number of rotatable bonds is 9. The fourth-order valence-electron chi connectivity index (χ4n) is 4.41. The summed E-state index contributed by atoms with van der Waals surface area (Å²) in [5.41, 5.74) is 2.26. The zero-order chi connectivity index (χ0) is 24.2. The predicted molar refractivity (Wildman–Crippen MR) is 140 cm³/mol. The van der Waals surface area contributed by atoms with Crippen LogP contribution in [0.25, 0.3) is 10.2 Å². The predicted octanol–water partition coefficient (Wildman–Crippen LogP) is 4.91. The van der Waals surface area contributed by atoms with Crippen LogP contribution in [-0.4, -0.2) is 40.0 Å². The molecule has 1 N–H and O–H groups in total. The molecule has 1 aliphatic heterocycles. The number of hydrogen-bond donors (Lipinski definition) is 1. The SMILES string of the molecule is CCc1c(C)sc2nc(SC(C)C(=O)NCC(C)c3ccccc3)n(CC3CCCO3)c(=O)c12. The van der Waals surface area contributed by atoms with Gasteiger partial charge in [0.15, 0.2) is 5.16 Å². The second-order valence-corrected chi connectivity index (χ2v) is 11.4. The van der Waals surface area contributed by atoms with Crippen molar-refractivity contribution in [1.82, 2.24) is 14.9 Å². The monoisotopic (exact) mass is 499 g/mol. The van der Waals surface area contributed by atoms with Gasteiger partial charge in [-0.25, -0.2) is 4.98 Å². The van der Waals surface area contributed by atoms with E-state index >= 15 is 0 Å². The smallest absolute Gasteiger partial charge is 0.263 e. The zero-order valence-electron chi connectivity index (χ0n) is 20.3. The molecule has 1 aromatic carbocycles. The molecule has 1 fully saturated rings. The molecule has 0 spiro atoms. The highest BCUT2D eigenvalue weighted by Crippen LogP contribution is 2.31. The molecular formula is C26H33N3O3S2. The van der Waals surface area contributed by atoms with Crippen molar-refractivity contribution in [2.24, 2.45) is 0 Å². The fraction of sp³-hybridized carbons (Fsp3) is 0.500. The molecule has 8 heteroatoms. The van der Waals surface area contributed by atoms with Gasteiger partial charge in [-0.15, -0.1) is 11.3 Å². The molecule has 3 aromatic rings. The Kier molecular flexibility index (Phi) is 8.11. The minimum absolute atomic E-state index is 0.0111. The first kappa shape index (κ1) is 24.9. The van der Waals surface area contributed by atoms with Crippen LogP contribution in [-0.2, 0) is 22.5 Å². The summed E-state index contributed by atoms with van der Waals surface area (Å²) in [4.78, 5) is 33.3. The topological polar surface area (TPSA) is 73.2 Å². The molecule has 1 aliphatic rings. The molecule has 3 heterocycles. The van der Waals surface area contributed by atoms with Crippen LogP contribution < -0.4 is 10.9 Å². The molecule has 4 rings (SSSR count). The second-order valence-electron chi connectivity index (χ2n) is 8.93. The van der Waals surface area contributed by atoms with Crippen molar-refractivity contribution in [3.63, 3.8) is 0 Å². The molecule has 3 atom stereocenters. The highest BCUT2D eigenvalue weighted by molar-refractivity contribution is 8.00. The Hall–Kier alpha value is -2.16. The third kappa shape index (κ3) is 5.39. The van der Waals surface area contributed by atoms with Crippen LogP contribution in [0, 0.1) is 6.92 Å². The van der Waals surface area contributed by atoms with E-state index in [4.69, 9.17) is 9.72 Å². The number of fused-ring (bicyclic) bond motifs is 1. The fourth-order valence-corrected chi connectivity index (χ4v) is 6.51. The van der Waals surface area contributed by atoms with Crippen molar-refractivity contribution >= 4 is 39.2 Å². The van der Waals surface area contributed by atoms with E-state index in [1.807, 2.05) is 32.0 Å². The first-order valence-corrected chi connectivity index (χ1v) is 13.7. The maximum atomic E-state index is 13.6. The molecule has 0 bridgehead atoms. The molecule has 2 aromatic heterocycles. The maximum Gasteiger partial charge on any atom is 0.263 e. The van der Waals surface area contributed by atoms with E-state index in [1.54, 1.807) is 15.9 Å². The lowest BCUT2D eigenvalue weighted by molar-refractivity contribution is -0.120. The number of aryl methyl sites for hydroxylation is 2. The van der Waals surface area contributed by atoms with E-state index in [1.165, 1.54) is 17.3 Å². The molecule has 0 saturated carbocycles. The van der Waals surface area contributed by atoms with E-state index < -0.39 is 0 Å². The zero-order valence-corrected chi connectivity index (χ0v) is 21.9. The van der Waals surface area contributed by atoms with Crippen LogP contribution in [0.4, 0.5) is 0 Å². The largest absolute Gasteiger partial charge is 0.376 e. The number of nitrogens with zero attached hydrogens (tertiary/aromatic N) is 2. The summed E-state index contributed by atoms with van der Waals surface area (Å²) in [5, 5.41) is 4.01. The van der Waals surface area contributed by atoms with Crippen molar-refractivity contribution < 1.29 is 9.53 Å². The number of hydrogen-bond acceptors (Lipinski definition) is 6. The van der Waals surface area contributed by atoms with Crippen molar-refractivity contribution in [3.05, 3.63) is 56.7 Å². The molecule has 182 valence electrons. The Labute approximate surface area is 209 Å². The van der Waals surface area contributed by atoms with Crippen molar-refractivity contribution in [3.8, 4) is 0 Å². The van der Waals surface area contributed by atoms with Gasteiger partial charge in [0.25, 0.3) is 5.56 Å². The highest BCUT2D eigenvalue weighted by atomic mass is 32.2. The molecular weight excluding hydrogens is 466 g/mol. The number of amides is 1. The molecule has 1 saturated heterocycles. The number of carbonyl (C=O) groups excluding carboxylic acids is 1. The minimum atomic E-state index is -0.380. The maximum absolute atomic E-state index is 13.6. The van der Waals surface area contributed by atoms with Crippen LogP contribution in [0.1, 0.15) is 55.5 Å². The summed E-state index contributed by atoms with van der Waals surface area (Å²) in [7, 11) is 0. The van der Waals surface area contributed by atoms with E-state index in [0.717, 1.165) is 46.5 Å². The van der Waals surface area contributed by atoms with Crippen molar-refractivity contribution in [1.29, 1.82) is 0 Å². The van der Waals surface area contributed by atoms with Crippen LogP contribution in [0.5, 0.6) is 0 Å². The van der Waals surface area contributed by atoms with Gasteiger partial charge < -0.3 is 10.1 Å². The van der Waals surface area contributed by atoms with E-state index in [2.05, 4.69) is 31.3 Å². The molecule has 0 radical (unpaired) electrons. The molecule has 34 heavy (non-hydrogen) atoms. The lowest BCUT2D eigenvalue weighted by atomic mass is 10.0. The van der Waals surface area contributed by atoms with Crippen molar-refractivity contribution in [2.75, 3.05) is 13.2 Å². The average Bonchev–Trinajstić information content (AvgIpc) is 3.47. The normalized spacial score (nSPS) is 17.7. The Morgan fingerprint density at radius 1 is 1.32 bits per heavy atom. The second kappa shape index (κ2) is 11.1. The summed E-state index contributed by atoms with van der Waals surface area (Å²) < 4.78 is 7.57. The van der Waals surface area contributed by atoms with Gasteiger partial charge in [-0.2, -0.15) is 0 Å². The van der Waals surface area contributed by atoms with Gasteiger partial charge in [0.1, 0.15) is 4.83 Å². The Bertz CT molecular complexity index is 1200. The van der Waals surface area contributed by atoms with Gasteiger partial charge >= 0.3 is 0 Å². The first-order valence-electron chi connectivity index (χ1n) is 12.0. The Balaban J connectivity index is 1.55. The van der Waals surface area contributed by atoms with Gasteiger partial charge in [0.05, 0.1) is 23.3 Å². The third-order valence-electron chi connectivity index (χ3n) is 6.44. The average molecular weight is 500 g/mol. The first-order chi connectivity index (χ1) is 16.4. The van der Waals surface area contributed by atoms with Gasteiger partial charge in [0.2, 0.25) is 5.91 Å². The van der Waals surface area contributed by atoms with Gasteiger partial charge in [-0.3, -0.25) is 14.2 Å².